The van der Waals surface area contributed by atoms with E-state index in [4.69, 9.17) is 10.5 Å². The molecule has 1 rings (SSSR count). The molecule has 0 aliphatic rings. The molecule has 1 aromatic heterocycles. The zero-order chi connectivity index (χ0) is 13.6. The van der Waals surface area contributed by atoms with Gasteiger partial charge in [-0.3, -0.25) is 9.48 Å². The van der Waals surface area contributed by atoms with Crippen LogP contribution >= 0.6 is 0 Å². The maximum absolute atomic E-state index is 12.2. The molecule has 0 aromatic carbocycles. The van der Waals surface area contributed by atoms with Crippen LogP contribution in [0.2, 0.25) is 0 Å². The van der Waals surface area contributed by atoms with E-state index >= 15 is 0 Å². The Hall–Kier alpha value is -1.36. The fraction of sp³-hybridized carbons (Fsp3) is 0.692. The molecule has 1 aromatic rings. The molecule has 0 saturated heterocycles. The first-order valence-electron chi connectivity index (χ1n) is 6.43. The topological polar surface area (TPSA) is 70.1 Å². The van der Waals surface area contributed by atoms with Gasteiger partial charge >= 0.3 is 5.97 Å². The van der Waals surface area contributed by atoms with Crippen LogP contribution in [0.3, 0.4) is 0 Å². The van der Waals surface area contributed by atoms with Gasteiger partial charge in [-0.1, -0.05) is 13.3 Å². The maximum atomic E-state index is 12.2. The van der Waals surface area contributed by atoms with Crippen LogP contribution in [-0.4, -0.2) is 28.9 Å². The van der Waals surface area contributed by atoms with Gasteiger partial charge in [0, 0.05) is 26.2 Å². The number of nitrogens with zero attached hydrogens (tertiary/aromatic N) is 2. The van der Waals surface area contributed by atoms with E-state index in [0.717, 1.165) is 18.5 Å². The lowest BCUT2D eigenvalue weighted by Gasteiger charge is -2.29. The molecule has 5 heteroatoms. The van der Waals surface area contributed by atoms with Gasteiger partial charge in [0.2, 0.25) is 0 Å². The summed E-state index contributed by atoms with van der Waals surface area (Å²) in [6, 6.07) is 1.92. The minimum absolute atomic E-state index is 0.208. The Kier molecular flexibility index (Phi) is 5.34. The second-order valence-corrected chi connectivity index (χ2v) is 4.61. The molecule has 0 aliphatic heterocycles. The quantitative estimate of drug-likeness (QED) is 0.743. The molecule has 18 heavy (non-hydrogen) atoms. The first-order chi connectivity index (χ1) is 8.57. The number of aryl methyl sites for hydroxylation is 1. The molecule has 0 spiro atoms. The third kappa shape index (κ3) is 3.32. The summed E-state index contributed by atoms with van der Waals surface area (Å²) in [5.74, 6) is -0.208. The number of carbonyl (C=O) groups is 1. The molecular weight excluding hydrogens is 230 g/mol. The van der Waals surface area contributed by atoms with Crippen molar-refractivity contribution in [3.8, 4) is 0 Å². The molecular formula is C13H23N3O2. The van der Waals surface area contributed by atoms with Crippen molar-refractivity contribution < 1.29 is 9.53 Å². The minimum Gasteiger partial charge on any atom is -0.466 e. The van der Waals surface area contributed by atoms with Gasteiger partial charge in [-0.15, -0.1) is 0 Å². The highest BCUT2D eigenvalue weighted by Gasteiger charge is 2.38. The average molecular weight is 253 g/mol. The fourth-order valence-corrected chi connectivity index (χ4v) is 2.19. The summed E-state index contributed by atoms with van der Waals surface area (Å²) < 4.78 is 6.91. The standard InChI is InChI=1S/C13H23N3O2/c1-4-7-13(10-14,12(17)18-5-2)9-11-6-8-16(3)15-11/h6,8H,4-5,7,9-10,14H2,1-3H3. The molecule has 0 bridgehead atoms. The van der Waals surface area contributed by atoms with Crippen molar-refractivity contribution in [2.75, 3.05) is 13.2 Å². The number of hydrogen-bond acceptors (Lipinski definition) is 4. The van der Waals surface area contributed by atoms with E-state index in [2.05, 4.69) is 5.10 Å². The lowest BCUT2D eigenvalue weighted by atomic mass is 9.79. The van der Waals surface area contributed by atoms with Crippen LogP contribution in [0.25, 0.3) is 0 Å². The minimum atomic E-state index is -0.640. The Bertz CT molecular complexity index is 389. The maximum Gasteiger partial charge on any atom is 0.313 e. The predicted molar refractivity (Wildman–Crippen MR) is 69.9 cm³/mol. The lowest BCUT2D eigenvalue weighted by molar-refractivity contribution is -0.155. The molecule has 0 saturated carbocycles. The Morgan fingerprint density at radius 3 is 2.72 bits per heavy atom. The summed E-state index contributed by atoms with van der Waals surface area (Å²) in [4.78, 5) is 12.2. The zero-order valence-corrected chi connectivity index (χ0v) is 11.5. The first kappa shape index (κ1) is 14.7. The largest absolute Gasteiger partial charge is 0.466 e. The van der Waals surface area contributed by atoms with Gasteiger partial charge in [0.05, 0.1) is 17.7 Å². The summed E-state index contributed by atoms with van der Waals surface area (Å²) in [5, 5.41) is 4.32. The number of rotatable bonds is 7. The van der Waals surface area contributed by atoms with Gasteiger partial charge in [0.15, 0.2) is 0 Å². The highest BCUT2D eigenvalue weighted by atomic mass is 16.5. The molecule has 2 N–H and O–H groups in total. The highest BCUT2D eigenvalue weighted by Crippen LogP contribution is 2.29. The summed E-state index contributed by atoms with van der Waals surface area (Å²) in [6.45, 7) is 4.52. The molecule has 0 radical (unpaired) electrons. The van der Waals surface area contributed by atoms with Gasteiger partial charge in [-0.25, -0.2) is 0 Å². The Labute approximate surface area is 108 Å². The monoisotopic (exact) mass is 253 g/mol. The molecule has 1 atom stereocenters. The van der Waals surface area contributed by atoms with E-state index in [1.807, 2.05) is 33.2 Å². The molecule has 0 fully saturated rings. The van der Waals surface area contributed by atoms with E-state index in [1.165, 1.54) is 0 Å². The second kappa shape index (κ2) is 6.54. The van der Waals surface area contributed by atoms with E-state index in [0.29, 0.717) is 13.0 Å². The first-order valence-corrected chi connectivity index (χ1v) is 6.43. The molecule has 0 aliphatic carbocycles. The van der Waals surface area contributed by atoms with Crippen LogP contribution in [0.15, 0.2) is 12.3 Å². The third-order valence-corrected chi connectivity index (χ3v) is 3.12. The molecule has 0 amide bonds. The van der Waals surface area contributed by atoms with Gasteiger partial charge in [-0.2, -0.15) is 5.10 Å². The zero-order valence-electron chi connectivity index (χ0n) is 11.5. The van der Waals surface area contributed by atoms with Crippen molar-refractivity contribution >= 4 is 5.97 Å². The SMILES string of the molecule is CCCC(CN)(Cc1ccn(C)n1)C(=O)OCC. The van der Waals surface area contributed by atoms with Crippen molar-refractivity contribution in [2.24, 2.45) is 18.2 Å². The molecule has 1 heterocycles. The van der Waals surface area contributed by atoms with Crippen LogP contribution in [0.4, 0.5) is 0 Å². The van der Waals surface area contributed by atoms with Crippen LogP contribution in [0, 0.1) is 5.41 Å². The number of aromatic nitrogens is 2. The van der Waals surface area contributed by atoms with Crippen LogP contribution in [0.1, 0.15) is 32.4 Å². The summed E-state index contributed by atoms with van der Waals surface area (Å²) in [7, 11) is 1.86. The van der Waals surface area contributed by atoms with Gasteiger partial charge < -0.3 is 10.5 Å². The van der Waals surface area contributed by atoms with Crippen LogP contribution < -0.4 is 5.73 Å². The Balaban J connectivity index is 2.91. The van der Waals surface area contributed by atoms with E-state index in [9.17, 15) is 4.79 Å². The molecule has 102 valence electrons. The van der Waals surface area contributed by atoms with Gasteiger partial charge in [-0.05, 0) is 19.4 Å². The lowest BCUT2D eigenvalue weighted by Crippen LogP contribution is -2.42. The summed E-state index contributed by atoms with van der Waals surface area (Å²) in [6.07, 6.45) is 4.02. The Morgan fingerprint density at radius 2 is 2.28 bits per heavy atom. The van der Waals surface area contributed by atoms with Crippen molar-refractivity contribution in [3.63, 3.8) is 0 Å². The van der Waals surface area contributed by atoms with Gasteiger partial charge in [0.1, 0.15) is 0 Å². The second-order valence-electron chi connectivity index (χ2n) is 4.61. The van der Waals surface area contributed by atoms with E-state index in [-0.39, 0.29) is 12.5 Å². The van der Waals surface area contributed by atoms with Crippen molar-refractivity contribution in [1.29, 1.82) is 0 Å². The third-order valence-electron chi connectivity index (χ3n) is 3.12. The molecule has 1 unspecified atom stereocenters. The Morgan fingerprint density at radius 1 is 1.56 bits per heavy atom. The number of ether oxygens (including phenoxy) is 1. The number of nitrogens with two attached hydrogens (primary N) is 1. The van der Waals surface area contributed by atoms with Gasteiger partial charge in [0.25, 0.3) is 0 Å². The smallest absolute Gasteiger partial charge is 0.313 e. The summed E-state index contributed by atoms with van der Waals surface area (Å²) in [5.41, 5.74) is 6.08. The van der Waals surface area contributed by atoms with E-state index in [1.54, 1.807) is 4.68 Å². The number of hydrogen-bond donors (Lipinski definition) is 1. The van der Waals surface area contributed by atoms with E-state index < -0.39 is 5.41 Å². The van der Waals surface area contributed by atoms with Crippen LogP contribution in [-0.2, 0) is 23.0 Å². The number of esters is 1. The summed E-state index contributed by atoms with van der Waals surface area (Å²) >= 11 is 0. The van der Waals surface area contributed by atoms with Crippen LogP contribution in [0.5, 0.6) is 0 Å². The van der Waals surface area contributed by atoms with Crippen molar-refractivity contribution in [1.82, 2.24) is 9.78 Å². The predicted octanol–water partition coefficient (Wildman–Crippen LogP) is 1.27. The van der Waals surface area contributed by atoms with Crippen molar-refractivity contribution in [2.45, 2.75) is 33.1 Å². The highest BCUT2D eigenvalue weighted by molar-refractivity contribution is 5.77. The number of carbonyl (C=O) groups excluding carboxylic acids is 1. The molecule has 5 nitrogen and oxygen atoms in total. The normalized spacial score (nSPS) is 14.2. The average Bonchev–Trinajstić information content (AvgIpc) is 2.74. The fourth-order valence-electron chi connectivity index (χ4n) is 2.19. The van der Waals surface area contributed by atoms with Crippen molar-refractivity contribution in [3.05, 3.63) is 18.0 Å².